The lowest BCUT2D eigenvalue weighted by molar-refractivity contribution is 0.0524. The fourth-order valence-electron chi connectivity index (χ4n) is 2.32. The Hall–Kier alpha value is -1.05. The second-order valence-corrected chi connectivity index (χ2v) is 6.20. The summed E-state index contributed by atoms with van der Waals surface area (Å²) in [5.74, 6) is 2.17. The number of aromatic nitrogens is 2. The number of thioether (sulfide) groups is 1. The highest BCUT2D eigenvalue weighted by atomic mass is 32.2. The molecular formula is C14H24N4O2S. The molecular weight excluding hydrogens is 288 g/mol. The summed E-state index contributed by atoms with van der Waals surface area (Å²) in [4.78, 5) is 14.3. The molecule has 0 amide bonds. The summed E-state index contributed by atoms with van der Waals surface area (Å²) in [5.41, 5.74) is 1.43. The highest BCUT2D eigenvalue weighted by molar-refractivity contribution is 7.99. The van der Waals surface area contributed by atoms with Crippen LogP contribution in [0.3, 0.4) is 0 Å². The second kappa shape index (κ2) is 8.41. The van der Waals surface area contributed by atoms with Gasteiger partial charge in [0, 0.05) is 51.3 Å². The van der Waals surface area contributed by atoms with Crippen LogP contribution in [0.2, 0.25) is 0 Å². The minimum atomic E-state index is -0.296. The maximum Gasteiger partial charge on any atom is 0.341 e. The number of hydrogen-bond donors (Lipinski definition) is 1. The fourth-order valence-corrected chi connectivity index (χ4v) is 3.30. The molecule has 1 N–H and O–H groups in total. The molecule has 2 rings (SSSR count). The second-order valence-electron chi connectivity index (χ2n) is 4.98. The number of carbonyl (C=O) groups excluding carboxylic acids is 1. The van der Waals surface area contributed by atoms with Crippen molar-refractivity contribution in [2.75, 3.05) is 44.3 Å². The van der Waals surface area contributed by atoms with Crippen LogP contribution in [0.15, 0.2) is 6.20 Å². The third-order valence-corrected chi connectivity index (χ3v) is 4.50. The van der Waals surface area contributed by atoms with E-state index in [9.17, 15) is 4.79 Å². The topological polar surface area (TPSA) is 59.4 Å². The first-order valence-corrected chi connectivity index (χ1v) is 8.56. The van der Waals surface area contributed by atoms with E-state index in [-0.39, 0.29) is 5.97 Å². The largest absolute Gasteiger partial charge is 0.462 e. The molecule has 21 heavy (non-hydrogen) atoms. The monoisotopic (exact) mass is 312 g/mol. The van der Waals surface area contributed by atoms with Crippen LogP contribution in [0.25, 0.3) is 0 Å². The van der Waals surface area contributed by atoms with Crippen LogP contribution in [0, 0.1) is 0 Å². The molecule has 7 heteroatoms. The van der Waals surface area contributed by atoms with Crippen LogP contribution in [-0.2, 0) is 18.3 Å². The number of hydrogen-bond acceptors (Lipinski definition) is 6. The summed E-state index contributed by atoms with van der Waals surface area (Å²) in [5, 5.41) is 7.55. The van der Waals surface area contributed by atoms with E-state index >= 15 is 0 Å². The van der Waals surface area contributed by atoms with Crippen molar-refractivity contribution in [1.29, 1.82) is 0 Å². The van der Waals surface area contributed by atoms with Crippen molar-refractivity contribution < 1.29 is 9.53 Å². The van der Waals surface area contributed by atoms with Crippen LogP contribution >= 0.6 is 11.8 Å². The quantitative estimate of drug-likeness (QED) is 0.592. The average molecular weight is 312 g/mol. The lowest BCUT2D eigenvalue weighted by atomic mass is 10.2. The Morgan fingerprint density at radius 1 is 1.48 bits per heavy atom. The van der Waals surface area contributed by atoms with Crippen molar-refractivity contribution in [2.45, 2.75) is 13.5 Å². The zero-order chi connectivity index (χ0) is 15.1. The van der Waals surface area contributed by atoms with E-state index in [1.165, 1.54) is 24.6 Å². The van der Waals surface area contributed by atoms with Gasteiger partial charge < -0.3 is 15.0 Å². The van der Waals surface area contributed by atoms with E-state index in [4.69, 9.17) is 4.74 Å². The Morgan fingerprint density at radius 2 is 2.24 bits per heavy atom. The van der Waals surface area contributed by atoms with Gasteiger partial charge in [-0.2, -0.15) is 16.9 Å². The number of aryl methyl sites for hydroxylation is 1. The number of nitrogens with zero attached hydrogens (tertiary/aromatic N) is 3. The summed E-state index contributed by atoms with van der Waals surface area (Å²) >= 11 is 2.02. The van der Waals surface area contributed by atoms with Crippen LogP contribution in [-0.4, -0.2) is 64.9 Å². The molecule has 0 unspecified atom stereocenters. The molecule has 1 aliphatic rings. The molecule has 118 valence electrons. The van der Waals surface area contributed by atoms with Gasteiger partial charge in [0.2, 0.25) is 0 Å². The zero-order valence-electron chi connectivity index (χ0n) is 12.8. The first-order valence-electron chi connectivity index (χ1n) is 7.41. The van der Waals surface area contributed by atoms with Gasteiger partial charge in [0.15, 0.2) is 0 Å². The summed E-state index contributed by atoms with van der Waals surface area (Å²) < 4.78 is 6.79. The normalized spacial score (nSPS) is 16.1. The molecule has 0 bridgehead atoms. The number of carbonyl (C=O) groups is 1. The van der Waals surface area contributed by atoms with Crippen molar-refractivity contribution in [1.82, 2.24) is 20.0 Å². The van der Waals surface area contributed by atoms with Gasteiger partial charge in [0.1, 0.15) is 5.56 Å². The predicted molar refractivity (Wildman–Crippen MR) is 84.6 cm³/mol. The first kappa shape index (κ1) is 16.3. The third-order valence-electron chi connectivity index (χ3n) is 3.56. The molecule has 0 saturated carbocycles. The van der Waals surface area contributed by atoms with Gasteiger partial charge >= 0.3 is 5.97 Å². The average Bonchev–Trinajstić information content (AvgIpc) is 2.86. The number of esters is 1. The lowest BCUT2D eigenvalue weighted by Crippen LogP contribution is -2.37. The molecule has 1 fully saturated rings. The molecule has 0 spiro atoms. The Balaban J connectivity index is 1.79. The number of ether oxygens (including phenoxy) is 1. The predicted octanol–water partition coefficient (Wildman–Crippen LogP) is 0.735. The van der Waals surface area contributed by atoms with Gasteiger partial charge in [-0.15, -0.1) is 0 Å². The van der Waals surface area contributed by atoms with Crippen LogP contribution in [0.5, 0.6) is 0 Å². The minimum Gasteiger partial charge on any atom is -0.462 e. The SMILES string of the molecule is CCOC(=O)c1cnn(C)c1CNCCN1CCSCC1. The van der Waals surface area contributed by atoms with Crippen LogP contribution < -0.4 is 5.32 Å². The van der Waals surface area contributed by atoms with Crippen molar-refractivity contribution in [3.05, 3.63) is 17.5 Å². The van der Waals surface area contributed by atoms with E-state index < -0.39 is 0 Å². The van der Waals surface area contributed by atoms with Gasteiger partial charge in [-0.3, -0.25) is 4.68 Å². The van der Waals surface area contributed by atoms with Crippen LogP contribution in [0.4, 0.5) is 0 Å². The molecule has 6 nitrogen and oxygen atoms in total. The molecule has 1 aliphatic heterocycles. The third kappa shape index (κ3) is 4.72. The summed E-state index contributed by atoms with van der Waals surface area (Å²) in [6.45, 7) is 7.13. The number of rotatable bonds is 7. The maximum atomic E-state index is 11.8. The maximum absolute atomic E-state index is 11.8. The Bertz CT molecular complexity index is 458. The molecule has 1 aromatic rings. The van der Waals surface area contributed by atoms with Crippen molar-refractivity contribution in [2.24, 2.45) is 7.05 Å². The van der Waals surface area contributed by atoms with Gasteiger partial charge in [0.05, 0.1) is 18.5 Å². The first-order chi connectivity index (χ1) is 10.2. The van der Waals surface area contributed by atoms with Gasteiger partial charge in [-0.25, -0.2) is 4.79 Å². The van der Waals surface area contributed by atoms with Gasteiger partial charge in [0.25, 0.3) is 0 Å². The van der Waals surface area contributed by atoms with E-state index in [0.29, 0.717) is 18.7 Å². The molecule has 0 radical (unpaired) electrons. The van der Waals surface area contributed by atoms with Crippen molar-refractivity contribution in [3.8, 4) is 0 Å². The highest BCUT2D eigenvalue weighted by Gasteiger charge is 2.17. The number of nitrogens with one attached hydrogen (secondary N) is 1. The Kier molecular flexibility index (Phi) is 6.53. The molecule has 0 atom stereocenters. The summed E-state index contributed by atoms with van der Waals surface area (Å²) in [7, 11) is 1.85. The minimum absolute atomic E-state index is 0.296. The molecule has 1 saturated heterocycles. The van der Waals surface area contributed by atoms with E-state index in [2.05, 4.69) is 15.3 Å². The fraction of sp³-hybridized carbons (Fsp3) is 0.714. The van der Waals surface area contributed by atoms with E-state index in [0.717, 1.165) is 18.8 Å². The van der Waals surface area contributed by atoms with Gasteiger partial charge in [-0.05, 0) is 6.92 Å². The molecule has 2 heterocycles. The lowest BCUT2D eigenvalue weighted by Gasteiger charge is -2.26. The Morgan fingerprint density at radius 3 is 2.95 bits per heavy atom. The zero-order valence-corrected chi connectivity index (χ0v) is 13.6. The Labute approximate surface area is 130 Å². The molecule has 1 aromatic heterocycles. The standard InChI is InChI=1S/C14H24N4O2S/c1-3-20-14(19)12-10-16-17(2)13(12)11-15-4-5-18-6-8-21-9-7-18/h10,15H,3-9,11H2,1-2H3. The molecule has 0 aromatic carbocycles. The summed E-state index contributed by atoms with van der Waals surface area (Å²) in [6.07, 6.45) is 1.58. The highest BCUT2D eigenvalue weighted by Crippen LogP contribution is 2.10. The van der Waals surface area contributed by atoms with E-state index in [1.54, 1.807) is 10.9 Å². The van der Waals surface area contributed by atoms with Crippen molar-refractivity contribution >= 4 is 17.7 Å². The molecule has 0 aliphatic carbocycles. The van der Waals surface area contributed by atoms with Crippen molar-refractivity contribution in [3.63, 3.8) is 0 Å². The smallest absolute Gasteiger partial charge is 0.341 e. The van der Waals surface area contributed by atoms with E-state index in [1.807, 2.05) is 25.7 Å². The summed E-state index contributed by atoms with van der Waals surface area (Å²) in [6, 6.07) is 0. The van der Waals surface area contributed by atoms with Gasteiger partial charge in [-0.1, -0.05) is 0 Å². The van der Waals surface area contributed by atoms with Crippen LogP contribution in [0.1, 0.15) is 23.0 Å².